The Morgan fingerprint density at radius 2 is 1.93 bits per heavy atom. The molecule has 2 amide bonds. The summed E-state index contributed by atoms with van der Waals surface area (Å²) in [6.07, 6.45) is 0.857. The van der Waals surface area contributed by atoms with E-state index in [4.69, 9.17) is 5.73 Å². The van der Waals surface area contributed by atoms with E-state index in [-0.39, 0.29) is 11.5 Å². The van der Waals surface area contributed by atoms with Gasteiger partial charge in [-0.3, -0.25) is 19.0 Å². The molecule has 152 valence electrons. The molecule has 2 heterocycles. The summed E-state index contributed by atoms with van der Waals surface area (Å²) in [5.41, 5.74) is 7.41. The number of fused-ring (bicyclic) bond motifs is 1. The first-order chi connectivity index (χ1) is 13.8. The van der Waals surface area contributed by atoms with Crippen molar-refractivity contribution in [3.8, 4) is 0 Å². The minimum atomic E-state index is -0.766. The highest BCUT2D eigenvalue weighted by Crippen LogP contribution is 2.29. The van der Waals surface area contributed by atoms with Crippen LogP contribution in [0.15, 0.2) is 29.1 Å². The van der Waals surface area contributed by atoms with Gasteiger partial charge in [-0.1, -0.05) is 32.0 Å². The molecule has 7 nitrogen and oxygen atoms in total. The molecule has 0 saturated carbocycles. The van der Waals surface area contributed by atoms with Crippen LogP contribution in [-0.4, -0.2) is 21.4 Å². The van der Waals surface area contributed by atoms with Crippen LogP contribution in [0.3, 0.4) is 0 Å². The zero-order valence-corrected chi connectivity index (χ0v) is 17.7. The number of thiophene rings is 1. The summed E-state index contributed by atoms with van der Waals surface area (Å²) in [6, 6.07) is 6.73. The zero-order chi connectivity index (χ0) is 21.3. The molecule has 0 fully saturated rings. The van der Waals surface area contributed by atoms with E-state index in [0.717, 1.165) is 5.56 Å². The van der Waals surface area contributed by atoms with Crippen LogP contribution in [-0.2, 0) is 11.2 Å². The van der Waals surface area contributed by atoms with E-state index >= 15 is 0 Å². The van der Waals surface area contributed by atoms with E-state index in [9.17, 15) is 14.4 Å². The van der Waals surface area contributed by atoms with Crippen molar-refractivity contribution < 1.29 is 9.59 Å². The van der Waals surface area contributed by atoms with Crippen molar-refractivity contribution in [3.05, 3.63) is 56.4 Å². The van der Waals surface area contributed by atoms with Crippen molar-refractivity contribution in [2.24, 2.45) is 5.73 Å². The van der Waals surface area contributed by atoms with Gasteiger partial charge in [-0.15, -0.1) is 11.3 Å². The Balaban J connectivity index is 2.15. The number of aromatic nitrogens is 2. The summed E-state index contributed by atoms with van der Waals surface area (Å²) in [5.74, 6) is -0.373. The van der Waals surface area contributed by atoms with Crippen LogP contribution < -0.4 is 16.6 Å². The van der Waals surface area contributed by atoms with E-state index in [1.54, 1.807) is 13.8 Å². The minimum Gasteiger partial charge on any atom is -0.368 e. The first-order valence-electron chi connectivity index (χ1n) is 9.50. The Hall–Kier alpha value is -3.00. The minimum absolute atomic E-state index is 0.286. The first-order valence-corrected chi connectivity index (χ1v) is 10.3. The summed E-state index contributed by atoms with van der Waals surface area (Å²) in [5, 5.41) is 3.27. The second-order valence-corrected chi connectivity index (χ2v) is 7.89. The summed E-state index contributed by atoms with van der Waals surface area (Å²) >= 11 is 1.18. The number of aryl methyl sites for hydroxylation is 3. The molecule has 0 aliphatic carbocycles. The maximum absolute atomic E-state index is 13.3. The van der Waals surface area contributed by atoms with Gasteiger partial charge in [0.15, 0.2) is 0 Å². The lowest BCUT2D eigenvalue weighted by atomic mass is 10.1. The highest BCUT2D eigenvalue weighted by molar-refractivity contribution is 7.20. The average Bonchev–Trinajstić information content (AvgIpc) is 3.02. The molecule has 1 atom stereocenters. The van der Waals surface area contributed by atoms with Crippen molar-refractivity contribution in [2.75, 3.05) is 5.32 Å². The predicted octanol–water partition coefficient (Wildman–Crippen LogP) is 3.33. The summed E-state index contributed by atoms with van der Waals surface area (Å²) in [7, 11) is 0. The Bertz CT molecular complexity index is 1160. The second kappa shape index (κ2) is 8.16. The molecule has 0 saturated heterocycles. The molecule has 2 aromatic heterocycles. The number of rotatable bonds is 6. The smallest absolute Gasteiger partial charge is 0.266 e. The molecule has 1 unspecified atom stereocenters. The van der Waals surface area contributed by atoms with Gasteiger partial charge in [0.25, 0.3) is 11.5 Å². The molecule has 29 heavy (non-hydrogen) atoms. The molecule has 0 spiro atoms. The Kier molecular flexibility index (Phi) is 5.83. The summed E-state index contributed by atoms with van der Waals surface area (Å²) in [6.45, 7) is 7.31. The first kappa shape index (κ1) is 20.7. The quantitative estimate of drug-likeness (QED) is 0.647. The second-order valence-electron chi connectivity index (χ2n) is 6.89. The number of primary amides is 1. The number of para-hydroxylation sites is 1. The van der Waals surface area contributed by atoms with Gasteiger partial charge in [-0.25, -0.2) is 4.98 Å². The number of nitrogens with zero attached hydrogens (tertiary/aromatic N) is 2. The molecule has 3 rings (SSSR count). The third kappa shape index (κ3) is 3.67. The van der Waals surface area contributed by atoms with Gasteiger partial charge in [0.2, 0.25) is 5.91 Å². The lowest BCUT2D eigenvalue weighted by Crippen LogP contribution is -2.36. The Morgan fingerprint density at radius 1 is 1.24 bits per heavy atom. The topological polar surface area (TPSA) is 107 Å². The van der Waals surface area contributed by atoms with Crippen molar-refractivity contribution in [2.45, 2.75) is 46.6 Å². The molecule has 3 N–H and O–H groups in total. The predicted molar refractivity (Wildman–Crippen MR) is 116 cm³/mol. The van der Waals surface area contributed by atoms with Crippen LogP contribution in [0, 0.1) is 13.8 Å². The number of amides is 2. The number of nitrogens with one attached hydrogen (secondary N) is 1. The van der Waals surface area contributed by atoms with Gasteiger partial charge in [0, 0.05) is 12.1 Å². The van der Waals surface area contributed by atoms with E-state index in [0.29, 0.717) is 45.0 Å². The maximum atomic E-state index is 13.3. The largest absolute Gasteiger partial charge is 0.368 e. The van der Waals surface area contributed by atoms with Crippen molar-refractivity contribution in [3.63, 3.8) is 0 Å². The van der Waals surface area contributed by atoms with Crippen LogP contribution in [0.5, 0.6) is 0 Å². The maximum Gasteiger partial charge on any atom is 0.266 e. The summed E-state index contributed by atoms with van der Waals surface area (Å²) in [4.78, 5) is 43.6. The molecule has 0 bridgehead atoms. The highest BCUT2D eigenvalue weighted by Gasteiger charge is 2.26. The van der Waals surface area contributed by atoms with Crippen LogP contribution >= 0.6 is 11.3 Å². The van der Waals surface area contributed by atoms with E-state index in [1.165, 1.54) is 15.9 Å². The lowest BCUT2D eigenvalue weighted by molar-refractivity contribution is -0.121. The van der Waals surface area contributed by atoms with Crippen LogP contribution in [0.2, 0.25) is 0 Å². The number of nitrogens with two attached hydrogens (primary N) is 1. The number of anilines is 1. The highest BCUT2D eigenvalue weighted by atomic mass is 32.1. The monoisotopic (exact) mass is 412 g/mol. The van der Waals surface area contributed by atoms with Gasteiger partial charge in [0.05, 0.1) is 10.3 Å². The van der Waals surface area contributed by atoms with Gasteiger partial charge in [-0.2, -0.15) is 0 Å². The molecule has 0 radical (unpaired) electrons. The fourth-order valence-electron chi connectivity index (χ4n) is 3.43. The fraction of sp³-hybridized carbons (Fsp3) is 0.333. The fourth-order valence-corrected chi connectivity index (χ4v) is 4.51. The van der Waals surface area contributed by atoms with Crippen molar-refractivity contribution in [1.82, 2.24) is 9.55 Å². The van der Waals surface area contributed by atoms with E-state index in [2.05, 4.69) is 10.3 Å². The number of carbonyl (C=O) groups excluding carboxylic acids is 2. The van der Waals surface area contributed by atoms with Gasteiger partial charge >= 0.3 is 0 Å². The molecular weight excluding hydrogens is 388 g/mol. The molecule has 3 aromatic rings. The van der Waals surface area contributed by atoms with Gasteiger partial charge in [-0.05, 0) is 37.5 Å². The average molecular weight is 413 g/mol. The van der Waals surface area contributed by atoms with Crippen LogP contribution in [0.4, 0.5) is 5.69 Å². The van der Waals surface area contributed by atoms with Gasteiger partial charge in [0.1, 0.15) is 16.7 Å². The van der Waals surface area contributed by atoms with Gasteiger partial charge < -0.3 is 11.1 Å². The van der Waals surface area contributed by atoms with Crippen LogP contribution in [0.25, 0.3) is 10.2 Å². The third-order valence-corrected chi connectivity index (χ3v) is 6.20. The molecule has 1 aromatic carbocycles. The number of hydrogen-bond acceptors (Lipinski definition) is 5. The zero-order valence-electron chi connectivity index (χ0n) is 16.9. The van der Waals surface area contributed by atoms with Crippen molar-refractivity contribution in [1.29, 1.82) is 0 Å². The standard InChI is InChI=1S/C21H24N4O3S/c1-5-14(18(22)26)25-15(6-2)24-20-16(21(25)28)12(4)17(29-20)19(27)23-13-10-8-7-9-11(13)3/h7-10,14H,5-6H2,1-4H3,(H2,22,26)(H,23,27). The third-order valence-electron chi connectivity index (χ3n) is 5.01. The molecule has 0 aliphatic heterocycles. The lowest BCUT2D eigenvalue weighted by Gasteiger charge is -2.18. The van der Waals surface area contributed by atoms with E-state index < -0.39 is 11.9 Å². The number of carbonyl (C=O) groups is 2. The molecular formula is C21H24N4O3S. The molecule has 0 aliphatic rings. The van der Waals surface area contributed by atoms with E-state index in [1.807, 2.05) is 38.1 Å². The normalized spacial score (nSPS) is 12.1. The number of hydrogen-bond donors (Lipinski definition) is 2. The Labute approximate surface area is 172 Å². The Morgan fingerprint density at radius 3 is 2.52 bits per heavy atom. The summed E-state index contributed by atoms with van der Waals surface area (Å²) < 4.78 is 1.38. The van der Waals surface area contributed by atoms with Crippen molar-refractivity contribution >= 4 is 39.1 Å². The number of benzene rings is 1. The SMILES string of the molecule is CCc1nc2sc(C(=O)Nc3ccccc3C)c(C)c2c(=O)n1C(CC)C(N)=O. The van der Waals surface area contributed by atoms with Crippen LogP contribution in [0.1, 0.15) is 52.9 Å². The molecule has 8 heteroatoms.